The summed E-state index contributed by atoms with van der Waals surface area (Å²) in [5.41, 5.74) is 3.37. The highest BCUT2D eigenvalue weighted by atomic mass is 16.6. The van der Waals surface area contributed by atoms with Crippen LogP contribution in [0.2, 0.25) is 0 Å². The first-order chi connectivity index (χ1) is 18.2. The van der Waals surface area contributed by atoms with E-state index in [1.807, 2.05) is 0 Å². The molecule has 0 aliphatic heterocycles. The summed E-state index contributed by atoms with van der Waals surface area (Å²) in [6.07, 6.45) is 7.08. The quantitative estimate of drug-likeness (QED) is 0.105. The maximum absolute atomic E-state index is 10.9. The van der Waals surface area contributed by atoms with Crippen molar-refractivity contribution in [3.63, 3.8) is 0 Å². The number of hydrogen-bond acceptors (Lipinski definition) is 12. The molecule has 39 heavy (non-hydrogen) atoms. The number of esters is 2. The van der Waals surface area contributed by atoms with Crippen LogP contribution in [0.4, 0.5) is 4.79 Å². The van der Waals surface area contributed by atoms with E-state index in [4.69, 9.17) is 19.7 Å². The largest absolute Gasteiger partial charge is 0.462 e. The van der Waals surface area contributed by atoms with E-state index < -0.39 is 36.7 Å². The molecule has 2 atom stereocenters. The van der Waals surface area contributed by atoms with Crippen LogP contribution < -0.4 is 5.73 Å². The zero-order chi connectivity index (χ0) is 30.5. The van der Waals surface area contributed by atoms with Crippen molar-refractivity contribution in [2.24, 2.45) is 32.0 Å². The van der Waals surface area contributed by atoms with E-state index in [2.05, 4.69) is 54.4 Å². The fourth-order valence-corrected chi connectivity index (χ4v) is 4.07. The number of nitrogens with zero attached hydrogens (tertiary/aromatic N) is 2. The lowest BCUT2D eigenvalue weighted by Gasteiger charge is -2.44. The summed E-state index contributed by atoms with van der Waals surface area (Å²) < 4.78 is 13.6. The van der Waals surface area contributed by atoms with Crippen molar-refractivity contribution in [2.45, 2.75) is 53.0 Å². The molecule has 13 nitrogen and oxygen atoms in total. The van der Waals surface area contributed by atoms with Crippen LogP contribution in [0, 0.1) is 16.2 Å². The van der Waals surface area contributed by atoms with Crippen LogP contribution in [0.25, 0.3) is 0 Å². The van der Waals surface area contributed by atoms with Crippen LogP contribution in [-0.4, -0.2) is 86.0 Å². The summed E-state index contributed by atoms with van der Waals surface area (Å²) in [6, 6.07) is 0.00750. The van der Waals surface area contributed by atoms with Gasteiger partial charge >= 0.3 is 18.0 Å². The second kappa shape index (κ2) is 19.4. The molecule has 1 fully saturated rings. The standard InChI is InChI=1S/C12H18N2O2.C11H16O6.C3H7NO2/c1-11(2)4-10(14-9-16)5-12(3,6-11)7-13-8-15;1-3-9(14)16-7-11(5-12,6-13)8-17-10(15)4-2;1-2-6-3(4)5/h10H,4-7H2,1-3H3;3-4,12-13H,1-2,5-8H2;2H2,1H3,(H2,4,5). The minimum atomic E-state index is -1.22. The summed E-state index contributed by atoms with van der Waals surface area (Å²) in [5, 5.41) is 18.3. The SMILES string of the molecule is C=CC(=O)OCC(CO)(CO)COC(=O)C=C.CC1(C)CC(N=C=O)CC(C)(CN=C=O)C1.CCOC(N)=O. The second-order valence-corrected chi connectivity index (χ2v) is 10.0. The van der Waals surface area contributed by atoms with Crippen LogP contribution in [0.5, 0.6) is 0 Å². The molecule has 1 rings (SSSR count). The smallest absolute Gasteiger partial charge is 0.404 e. The molecule has 0 spiro atoms. The minimum Gasteiger partial charge on any atom is -0.462 e. The fourth-order valence-electron chi connectivity index (χ4n) is 4.07. The van der Waals surface area contributed by atoms with Crippen LogP contribution in [0.1, 0.15) is 47.0 Å². The summed E-state index contributed by atoms with van der Waals surface area (Å²) in [5.74, 6) is -1.38. The highest BCUT2D eigenvalue weighted by Crippen LogP contribution is 2.47. The number of rotatable bonds is 12. The maximum atomic E-state index is 10.9. The van der Waals surface area contributed by atoms with Gasteiger partial charge in [0, 0.05) is 12.2 Å². The van der Waals surface area contributed by atoms with Gasteiger partial charge in [-0.15, -0.1) is 0 Å². The van der Waals surface area contributed by atoms with Crippen molar-refractivity contribution in [3.8, 4) is 0 Å². The third kappa shape index (κ3) is 17.5. The average molecular weight is 556 g/mol. The Morgan fingerprint density at radius 1 is 1.00 bits per heavy atom. The van der Waals surface area contributed by atoms with Gasteiger partial charge in [0.05, 0.1) is 37.8 Å². The number of aliphatic hydroxyl groups is 2. The van der Waals surface area contributed by atoms with Crippen LogP contribution in [0.3, 0.4) is 0 Å². The van der Waals surface area contributed by atoms with Gasteiger partial charge in [-0.3, -0.25) is 0 Å². The number of carbonyl (C=O) groups excluding carboxylic acids is 5. The normalized spacial score (nSPS) is 19.0. The lowest BCUT2D eigenvalue weighted by Crippen LogP contribution is -2.40. The zero-order valence-electron chi connectivity index (χ0n) is 23.1. The fraction of sp³-hybridized carbons (Fsp3) is 0.654. The molecule has 1 aliphatic carbocycles. The van der Waals surface area contributed by atoms with Crippen LogP contribution >= 0.6 is 0 Å². The van der Waals surface area contributed by atoms with E-state index in [0.717, 1.165) is 31.4 Å². The number of hydrogen-bond donors (Lipinski definition) is 3. The molecule has 0 bridgehead atoms. The first kappa shape index (κ1) is 37.5. The predicted molar refractivity (Wildman–Crippen MR) is 141 cm³/mol. The molecule has 0 aromatic rings. The number of amides is 1. The Morgan fingerprint density at radius 2 is 1.51 bits per heavy atom. The number of carbonyl (C=O) groups is 3. The molecule has 0 aromatic heterocycles. The van der Waals surface area contributed by atoms with Gasteiger partial charge < -0.3 is 30.2 Å². The molecule has 220 valence electrons. The van der Waals surface area contributed by atoms with Gasteiger partial charge in [-0.25, -0.2) is 34.0 Å². The molecule has 2 unspecified atom stereocenters. The van der Waals surface area contributed by atoms with Crippen LogP contribution in [0.15, 0.2) is 35.3 Å². The van der Waals surface area contributed by atoms with Crippen molar-refractivity contribution in [1.82, 2.24) is 0 Å². The average Bonchev–Trinajstić information content (AvgIpc) is 2.87. The molecule has 13 heteroatoms. The Morgan fingerprint density at radius 3 is 1.85 bits per heavy atom. The molecule has 1 saturated carbocycles. The second-order valence-electron chi connectivity index (χ2n) is 10.0. The maximum Gasteiger partial charge on any atom is 0.404 e. The Balaban J connectivity index is 0. The summed E-state index contributed by atoms with van der Waals surface area (Å²) in [4.78, 5) is 59.3. The Bertz CT molecular complexity index is 878. The molecule has 0 heterocycles. The number of ether oxygens (including phenoxy) is 3. The third-order valence-electron chi connectivity index (χ3n) is 5.51. The number of nitrogens with two attached hydrogens (primary N) is 1. The van der Waals surface area contributed by atoms with E-state index in [1.54, 1.807) is 19.1 Å². The lowest BCUT2D eigenvalue weighted by atomic mass is 9.63. The molecule has 0 aromatic carbocycles. The van der Waals surface area contributed by atoms with E-state index >= 15 is 0 Å². The van der Waals surface area contributed by atoms with Crippen molar-refractivity contribution in [3.05, 3.63) is 25.3 Å². The molecule has 4 N–H and O–H groups in total. The van der Waals surface area contributed by atoms with Gasteiger partial charge in [0.25, 0.3) is 0 Å². The summed E-state index contributed by atoms with van der Waals surface area (Å²) >= 11 is 0. The number of primary amides is 1. The van der Waals surface area contributed by atoms with Crippen molar-refractivity contribution >= 4 is 30.2 Å². The van der Waals surface area contributed by atoms with Gasteiger partial charge in [0.1, 0.15) is 13.2 Å². The highest BCUT2D eigenvalue weighted by molar-refractivity contribution is 5.81. The van der Waals surface area contributed by atoms with Gasteiger partial charge in [0.2, 0.25) is 12.2 Å². The molecule has 0 radical (unpaired) electrons. The summed E-state index contributed by atoms with van der Waals surface area (Å²) in [6.45, 7) is 13.8. The molecule has 0 saturated heterocycles. The molecular weight excluding hydrogens is 514 g/mol. The van der Waals surface area contributed by atoms with Gasteiger partial charge in [-0.1, -0.05) is 33.9 Å². The molecule has 1 aliphatic rings. The molecular formula is C26H41N3O10. The van der Waals surface area contributed by atoms with E-state index in [-0.39, 0.29) is 30.1 Å². The summed E-state index contributed by atoms with van der Waals surface area (Å²) in [7, 11) is 0. The van der Waals surface area contributed by atoms with E-state index in [9.17, 15) is 24.0 Å². The number of aliphatic imine (C=N–C) groups is 2. The van der Waals surface area contributed by atoms with Gasteiger partial charge in [-0.05, 0) is 37.0 Å². The Labute approximate surface area is 228 Å². The number of aliphatic hydroxyl groups excluding tert-OH is 2. The minimum absolute atomic E-state index is 0.00750. The highest BCUT2D eigenvalue weighted by Gasteiger charge is 2.41. The lowest BCUT2D eigenvalue weighted by molar-refractivity contribution is -0.152. The van der Waals surface area contributed by atoms with Crippen LogP contribution in [-0.2, 0) is 33.4 Å². The van der Waals surface area contributed by atoms with E-state index in [0.29, 0.717) is 13.2 Å². The Kier molecular flexibility index (Phi) is 18.7. The third-order valence-corrected chi connectivity index (χ3v) is 5.51. The monoisotopic (exact) mass is 555 g/mol. The Hall–Kier alpha value is -3.63. The zero-order valence-corrected chi connectivity index (χ0v) is 23.1. The number of isocyanates is 2. The predicted octanol–water partition coefficient (Wildman–Crippen LogP) is 1.76. The first-order valence-corrected chi connectivity index (χ1v) is 12.0. The van der Waals surface area contributed by atoms with Gasteiger partial charge in [-0.2, -0.15) is 0 Å². The molecule has 1 amide bonds. The first-order valence-electron chi connectivity index (χ1n) is 12.0. The van der Waals surface area contributed by atoms with Crippen molar-refractivity contribution in [1.29, 1.82) is 0 Å². The topological polar surface area (TPSA) is 204 Å². The van der Waals surface area contributed by atoms with Gasteiger partial charge in [0.15, 0.2) is 0 Å². The van der Waals surface area contributed by atoms with E-state index in [1.165, 1.54) is 0 Å². The van der Waals surface area contributed by atoms with Crippen molar-refractivity contribution in [2.75, 3.05) is 39.6 Å². The van der Waals surface area contributed by atoms with Crippen molar-refractivity contribution < 1.29 is 48.4 Å².